The Morgan fingerprint density at radius 2 is 2.31 bits per heavy atom. The molecule has 0 saturated heterocycles. The number of alkyl halides is 1. The molecule has 1 aromatic carbocycles. The van der Waals surface area contributed by atoms with Crippen LogP contribution < -0.4 is 0 Å². The van der Waals surface area contributed by atoms with Crippen LogP contribution in [0.1, 0.15) is 28.4 Å². The molecule has 1 rings (SSSR count). The van der Waals surface area contributed by atoms with E-state index in [9.17, 15) is 9.90 Å². The van der Waals surface area contributed by atoms with Gasteiger partial charge in [-0.1, -0.05) is 6.07 Å². The van der Waals surface area contributed by atoms with E-state index in [0.29, 0.717) is 5.56 Å². The average Bonchev–Trinajstić information content (AvgIpc) is 2.28. The number of phenols is 1. The fourth-order valence-electron chi connectivity index (χ4n) is 1.28. The Kier molecular flexibility index (Phi) is 4.15. The van der Waals surface area contributed by atoms with Crippen molar-refractivity contribution in [2.75, 3.05) is 6.61 Å². The lowest BCUT2D eigenvalue weighted by atomic mass is 10.0. The Morgan fingerprint density at radius 3 is 2.81 bits per heavy atom. The minimum atomic E-state index is -0.719. The van der Waals surface area contributed by atoms with E-state index < -0.39 is 5.97 Å². The van der Waals surface area contributed by atoms with Crippen molar-refractivity contribution >= 4 is 17.6 Å². The number of carbonyl (C=O) groups is 1. The smallest absolute Gasteiger partial charge is 0.343 e. The van der Waals surface area contributed by atoms with Crippen LogP contribution in [0.5, 0.6) is 5.75 Å². The molecular formula is C11H10ClNO3. The molecule has 0 aliphatic carbocycles. The monoisotopic (exact) mass is 239 g/mol. The first-order chi connectivity index (χ1) is 7.65. The molecule has 4 nitrogen and oxygen atoms in total. The minimum Gasteiger partial charge on any atom is -0.507 e. The lowest BCUT2D eigenvalue weighted by Crippen LogP contribution is -2.08. The van der Waals surface area contributed by atoms with Gasteiger partial charge in [-0.15, -0.1) is 11.6 Å². The number of benzene rings is 1. The van der Waals surface area contributed by atoms with Gasteiger partial charge in [0.05, 0.1) is 12.2 Å². The summed E-state index contributed by atoms with van der Waals surface area (Å²) in [5.41, 5.74) is 0.431. The number of rotatable bonds is 3. The molecule has 0 saturated carbocycles. The van der Waals surface area contributed by atoms with Crippen LogP contribution in [0, 0.1) is 11.3 Å². The lowest BCUT2D eigenvalue weighted by Gasteiger charge is -2.08. The van der Waals surface area contributed by atoms with Gasteiger partial charge >= 0.3 is 5.97 Å². The number of hydrogen-bond acceptors (Lipinski definition) is 4. The van der Waals surface area contributed by atoms with Crippen LogP contribution in [0.4, 0.5) is 0 Å². The first-order valence-electron chi connectivity index (χ1n) is 4.63. The van der Waals surface area contributed by atoms with Crippen LogP contribution in [0.2, 0.25) is 0 Å². The molecule has 0 fully saturated rings. The van der Waals surface area contributed by atoms with Crippen LogP contribution in [-0.2, 0) is 10.6 Å². The third-order valence-electron chi connectivity index (χ3n) is 2.00. The molecule has 0 aliphatic heterocycles. The largest absolute Gasteiger partial charge is 0.507 e. The second kappa shape index (κ2) is 5.38. The van der Waals surface area contributed by atoms with E-state index in [4.69, 9.17) is 21.6 Å². The second-order valence-corrected chi connectivity index (χ2v) is 3.23. The van der Waals surface area contributed by atoms with Crippen molar-refractivity contribution in [1.82, 2.24) is 0 Å². The highest BCUT2D eigenvalue weighted by Crippen LogP contribution is 2.26. The van der Waals surface area contributed by atoms with Gasteiger partial charge in [0.25, 0.3) is 0 Å². The van der Waals surface area contributed by atoms with Crippen LogP contribution >= 0.6 is 11.6 Å². The van der Waals surface area contributed by atoms with E-state index in [-0.39, 0.29) is 29.4 Å². The summed E-state index contributed by atoms with van der Waals surface area (Å²) in [6, 6.07) is 4.68. The predicted octanol–water partition coefficient (Wildman–Crippen LogP) is 2.18. The lowest BCUT2D eigenvalue weighted by molar-refractivity contribution is 0.0522. The molecule has 0 radical (unpaired) electrons. The predicted molar refractivity (Wildman–Crippen MR) is 58.3 cm³/mol. The van der Waals surface area contributed by atoms with Gasteiger partial charge in [0, 0.05) is 5.88 Å². The maximum atomic E-state index is 11.5. The SMILES string of the molecule is CCOC(=O)c1c(O)ccc(CCl)c1C#N. The number of esters is 1. The summed E-state index contributed by atoms with van der Waals surface area (Å²) in [5, 5.41) is 18.5. The minimum absolute atomic E-state index is 0.0634. The molecule has 0 aliphatic rings. The molecule has 0 atom stereocenters. The molecule has 1 aromatic rings. The highest BCUT2D eigenvalue weighted by Gasteiger charge is 2.20. The van der Waals surface area contributed by atoms with E-state index in [1.165, 1.54) is 12.1 Å². The molecule has 5 heteroatoms. The quantitative estimate of drug-likeness (QED) is 0.648. The van der Waals surface area contributed by atoms with E-state index in [1.54, 1.807) is 6.92 Å². The summed E-state index contributed by atoms with van der Waals surface area (Å²) in [5.74, 6) is -0.900. The van der Waals surface area contributed by atoms with Crippen molar-refractivity contribution in [1.29, 1.82) is 5.26 Å². The maximum Gasteiger partial charge on any atom is 0.343 e. The summed E-state index contributed by atoms with van der Waals surface area (Å²) in [6.45, 7) is 1.82. The zero-order valence-electron chi connectivity index (χ0n) is 8.66. The third kappa shape index (κ3) is 2.26. The van der Waals surface area contributed by atoms with Crippen LogP contribution in [0.25, 0.3) is 0 Å². The van der Waals surface area contributed by atoms with Crippen LogP contribution in [0.15, 0.2) is 12.1 Å². The Labute approximate surface area is 98.0 Å². The first kappa shape index (κ1) is 12.3. The molecule has 0 unspecified atom stereocenters. The fraction of sp³-hybridized carbons (Fsp3) is 0.273. The number of halogens is 1. The molecule has 0 bridgehead atoms. The highest BCUT2D eigenvalue weighted by molar-refractivity contribution is 6.17. The summed E-state index contributed by atoms with van der Waals surface area (Å²) in [4.78, 5) is 11.5. The van der Waals surface area contributed by atoms with Gasteiger partial charge in [-0.25, -0.2) is 4.79 Å². The Morgan fingerprint density at radius 1 is 1.62 bits per heavy atom. The topological polar surface area (TPSA) is 70.3 Å². The summed E-state index contributed by atoms with van der Waals surface area (Å²) in [6.07, 6.45) is 0. The van der Waals surface area contributed by atoms with Crippen molar-refractivity contribution in [2.45, 2.75) is 12.8 Å². The number of ether oxygens (including phenoxy) is 1. The van der Waals surface area contributed by atoms with E-state index in [0.717, 1.165) is 0 Å². The second-order valence-electron chi connectivity index (χ2n) is 2.96. The van der Waals surface area contributed by atoms with Gasteiger partial charge in [0.2, 0.25) is 0 Å². The van der Waals surface area contributed by atoms with Crippen molar-refractivity contribution < 1.29 is 14.6 Å². The first-order valence-corrected chi connectivity index (χ1v) is 5.17. The van der Waals surface area contributed by atoms with E-state index in [1.807, 2.05) is 6.07 Å². The fourth-order valence-corrected chi connectivity index (χ4v) is 1.51. The molecule has 0 spiro atoms. The summed E-state index contributed by atoms with van der Waals surface area (Å²) in [7, 11) is 0. The molecule has 0 heterocycles. The summed E-state index contributed by atoms with van der Waals surface area (Å²) < 4.78 is 4.76. The van der Waals surface area contributed by atoms with Crippen molar-refractivity contribution in [3.8, 4) is 11.8 Å². The van der Waals surface area contributed by atoms with E-state index in [2.05, 4.69) is 0 Å². The number of hydrogen-bond donors (Lipinski definition) is 1. The van der Waals surface area contributed by atoms with Crippen LogP contribution in [-0.4, -0.2) is 17.7 Å². The Bertz CT molecular complexity index is 451. The van der Waals surface area contributed by atoms with Gasteiger partial charge in [0.1, 0.15) is 17.4 Å². The zero-order chi connectivity index (χ0) is 12.1. The third-order valence-corrected chi connectivity index (χ3v) is 2.29. The molecule has 16 heavy (non-hydrogen) atoms. The van der Waals surface area contributed by atoms with Crippen molar-refractivity contribution in [2.24, 2.45) is 0 Å². The highest BCUT2D eigenvalue weighted by atomic mass is 35.5. The van der Waals surface area contributed by atoms with Gasteiger partial charge in [0.15, 0.2) is 0 Å². The molecule has 0 amide bonds. The number of nitrogens with zero attached hydrogens (tertiary/aromatic N) is 1. The number of carbonyl (C=O) groups excluding carboxylic acids is 1. The number of nitriles is 1. The summed E-state index contributed by atoms with van der Waals surface area (Å²) >= 11 is 5.63. The van der Waals surface area contributed by atoms with Crippen LogP contribution in [0.3, 0.4) is 0 Å². The molecular weight excluding hydrogens is 230 g/mol. The molecule has 0 aromatic heterocycles. The zero-order valence-corrected chi connectivity index (χ0v) is 9.41. The van der Waals surface area contributed by atoms with Gasteiger partial charge < -0.3 is 9.84 Å². The maximum absolute atomic E-state index is 11.5. The average molecular weight is 240 g/mol. The normalized spacial score (nSPS) is 9.56. The van der Waals surface area contributed by atoms with E-state index >= 15 is 0 Å². The number of phenolic OH excluding ortho intramolecular Hbond substituents is 1. The molecule has 1 N–H and O–H groups in total. The molecule has 84 valence electrons. The standard InChI is InChI=1S/C11H10ClNO3/c1-2-16-11(15)10-8(6-13)7(5-12)3-4-9(10)14/h3-4,14H,2,5H2,1H3. The van der Waals surface area contributed by atoms with Gasteiger partial charge in [-0.2, -0.15) is 5.26 Å². The Hall–Kier alpha value is -1.73. The van der Waals surface area contributed by atoms with Crippen molar-refractivity contribution in [3.63, 3.8) is 0 Å². The van der Waals surface area contributed by atoms with Crippen molar-refractivity contribution in [3.05, 3.63) is 28.8 Å². The van der Waals surface area contributed by atoms with Gasteiger partial charge in [-0.05, 0) is 18.6 Å². The van der Waals surface area contributed by atoms with Gasteiger partial charge in [-0.3, -0.25) is 0 Å². The number of aromatic hydroxyl groups is 1. The Balaban J connectivity index is 3.35.